The van der Waals surface area contributed by atoms with Crippen LogP contribution in [0.1, 0.15) is 13.3 Å². The van der Waals surface area contributed by atoms with Gasteiger partial charge in [0.1, 0.15) is 5.52 Å². The molecule has 0 aliphatic carbocycles. The summed E-state index contributed by atoms with van der Waals surface area (Å²) >= 11 is 0.790. The molecule has 0 bridgehead atoms. The monoisotopic (exact) mass is 707 g/mol. The number of anilines is 7. The maximum absolute atomic E-state index is 5.01. The van der Waals surface area contributed by atoms with Crippen molar-refractivity contribution >= 4 is 68.7 Å². The lowest BCUT2D eigenvalue weighted by molar-refractivity contribution is 0.596. The molecular formula is C45H37N7S. The highest BCUT2D eigenvalue weighted by Gasteiger charge is 2.27. The Balaban J connectivity index is 1.16. The van der Waals surface area contributed by atoms with Crippen molar-refractivity contribution in [2.75, 3.05) is 14.5 Å². The molecule has 2 heterocycles. The van der Waals surface area contributed by atoms with E-state index in [4.69, 9.17) is 15.0 Å². The molecule has 1 aliphatic rings. The van der Waals surface area contributed by atoms with Gasteiger partial charge < -0.3 is 14.5 Å². The molecule has 0 atom stereocenters. The van der Waals surface area contributed by atoms with Crippen LogP contribution in [0.25, 0.3) is 38.0 Å². The minimum Gasteiger partial charge on any atom is -0.438 e. The normalized spacial score (nSPS) is 11.9. The first-order chi connectivity index (χ1) is 26.3. The van der Waals surface area contributed by atoms with Gasteiger partial charge in [0, 0.05) is 63.9 Å². The van der Waals surface area contributed by atoms with Crippen molar-refractivity contribution in [1.82, 2.24) is 15.0 Å². The smallest absolute Gasteiger partial charge is 0.120 e. The van der Waals surface area contributed by atoms with Crippen molar-refractivity contribution in [3.63, 3.8) is 0 Å². The Morgan fingerprint density at radius 1 is 0.547 bits per heavy atom. The third-order valence-electron chi connectivity index (χ3n) is 9.57. The van der Waals surface area contributed by atoms with Crippen molar-refractivity contribution in [1.29, 1.82) is 0 Å². The maximum atomic E-state index is 5.01. The molecule has 0 amide bonds. The van der Waals surface area contributed by atoms with Crippen LogP contribution < -0.4 is 14.5 Å². The molecule has 9 rings (SSSR count). The first-order valence-corrected chi connectivity index (χ1v) is 18.7. The van der Waals surface area contributed by atoms with Crippen LogP contribution in [-0.4, -0.2) is 15.0 Å². The van der Waals surface area contributed by atoms with Gasteiger partial charge in [0.25, 0.3) is 0 Å². The molecule has 0 spiro atoms. The summed E-state index contributed by atoms with van der Waals surface area (Å²) in [5, 5.41) is 9.59. The lowest BCUT2D eigenvalue weighted by Crippen LogP contribution is -2.09. The second-order valence-corrected chi connectivity index (χ2v) is 13.5. The predicted octanol–water partition coefficient (Wildman–Crippen LogP) is 12.2. The Kier molecular flexibility index (Phi) is 8.71. The molecule has 7 nitrogen and oxygen atoms in total. The second kappa shape index (κ2) is 14.3. The third kappa shape index (κ3) is 6.03. The van der Waals surface area contributed by atoms with Gasteiger partial charge in [-0.25, -0.2) is 9.40 Å². The number of aromatic nitrogens is 3. The molecule has 0 fully saturated rings. The van der Waals surface area contributed by atoms with Gasteiger partial charge >= 0.3 is 0 Å². The van der Waals surface area contributed by atoms with Crippen LogP contribution in [0.15, 0.2) is 170 Å². The molecule has 1 aromatic heterocycles. The van der Waals surface area contributed by atoms with Crippen LogP contribution in [0.4, 0.5) is 45.5 Å². The lowest BCUT2D eigenvalue weighted by Gasteiger charge is -2.26. The van der Waals surface area contributed by atoms with Crippen LogP contribution in [0.2, 0.25) is 0 Å². The van der Waals surface area contributed by atoms with E-state index >= 15 is 0 Å². The SMILES string of the molecule is CCCn1nnc2c(-c3ccc(N(c4ccccc4)c4ccccc4)cc3)c3c(c(-c4ccc(N(c5ccccc5)c5ccccc5)cc4)c21)N[SH+][N-]3. The van der Waals surface area contributed by atoms with Crippen molar-refractivity contribution in [3.05, 3.63) is 175 Å². The average molecular weight is 708 g/mol. The van der Waals surface area contributed by atoms with Gasteiger partial charge in [0.2, 0.25) is 0 Å². The number of thiol groups is 1. The number of nitrogens with one attached hydrogen (secondary N) is 1. The summed E-state index contributed by atoms with van der Waals surface area (Å²) in [5.74, 6) is 0. The zero-order chi connectivity index (χ0) is 35.6. The van der Waals surface area contributed by atoms with Crippen molar-refractivity contribution in [3.8, 4) is 22.3 Å². The fourth-order valence-corrected chi connectivity index (χ4v) is 7.88. The topological polar surface area (TPSA) is 63.3 Å². The van der Waals surface area contributed by atoms with E-state index in [1.165, 1.54) is 0 Å². The lowest BCUT2D eigenvalue weighted by atomic mass is 9.93. The van der Waals surface area contributed by atoms with Gasteiger partial charge in [-0.3, -0.25) is 0 Å². The molecule has 0 saturated carbocycles. The number of hydrogen-bond donors (Lipinski definition) is 1. The fraction of sp³-hybridized carbons (Fsp3) is 0.0667. The third-order valence-corrected chi connectivity index (χ3v) is 10.2. The van der Waals surface area contributed by atoms with Crippen LogP contribution in [0.3, 0.4) is 0 Å². The van der Waals surface area contributed by atoms with Gasteiger partial charge in [-0.2, -0.15) is 0 Å². The Morgan fingerprint density at radius 3 is 1.40 bits per heavy atom. The fourth-order valence-electron chi connectivity index (χ4n) is 7.22. The highest BCUT2D eigenvalue weighted by Crippen LogP contribution is 2.54. The van der Waals surface area contributed by atoms with Crippen LogP contribution in [0, 0.1) is 0 Å². The van der Waals surface area contributed by atoms with E-state index < -0.39 is 0 Å². The van der Waals surface area contributed by atoms with Gasteiger partial charge in [-0.05, 0) is 90.3 Å². The Labute approximate surface area is 313 Å². The Hall–Kier alpha value is -6.51. The molecule has 0 unspecified atom stereocenters. The highest BCUT2D eigenvalue weighted by molar-refractivity contribution is 7.83. The first-order valence-electron chi connectivity index (χ1n) is 17.9. The zero-order valence-corrected chi connectivity index (χ0v) is 30.1. The largest absolute Gasteiger partial charge is 0.438 e. The van der Waals surface area contributed by atoms with Gasteiger partial charge in [-0.15, -0.1) is 5.10 Å². The molecule has 0 saturated heterocycles. The molecule has 8 aromatic rings. The predicted molar refractivity (Wildman–Crippen MR) is 223 cm³/mol. The number of aryl methyl sites for hydroxylation is 1. The van der Waals surface area contributed by atoms with E-state index in [1.54, 1.807) is 0 Å². The number of hydrogen-bond acceptors (Lipinski definition) is 5. The number of benzene rings is 7. The molecule has 8 heteroatoms. The maximum Gasteiger partial charge on any atom is 0.120 e. The van der Waals surface area contributed by atoms with Crippen molar-refractivity contribution in [2.24, 2.45) is 0 Å². The van der Waals surface area contributed by atoms with Crippen molar-refractivity contribution in [2.45, 2.75) is 19.9 Å². The van der Waals surface area contributed by atoms with Crippen LogP contribution in [-0.2, 0) is 18.7 Å². The Morgan fingerprint density at radius 2 is 0.962 bits per heavy atom. The van der Waals surface area contributed by atoms with Crippen LogP contribution >= 0.6 is 0 Å². The Bertz CT molecular complexity index is 2390. The zero-order valence-electron chi connectivity index (χ0n) is 29.2. The first kappa shape index (κ1) is 32.4. The molecule has 53 heavy (non-hydrogen) atoms. The number of fused-ring (bicyclic) bond motifs is 2. The minimum atomic E-state index is 0.756. The standard InChI is InChI=1S/C45H37N7S/c1-2-31-50-45-41(33-25-29-39(30-26-33)52(36-19-11-5-12-20-36)37-21-13-6-14-22-37)43-42(47-53-48-43)40(44(45)46-49-50)32-23-27-38(28-24-32)51(34-15-7-3-8-16-34)35-17-9-4-10-18-35/h3-30,48,53H,2,31H2,1H3. The summed E-state index contributed by atoms with van der Waals surface area (Å²) in [6, 6.07) is 59.5. The second-order valence-electron chi connectivity index (χ2n) is 12.9. The van der Waals surface area contributed by atoms with E-state index in [1.807, 2.05) is 12.1 Å². The highest BCUT2D eigenvalue weighted by atomic mass is 32.2. The molecule has 1 aliphatic heterocycles. The van der Waals surface area contributed by atoms with Gasteiger partial charge in [0.05, 0.1) is 11.2 Å². The summed E-state index contributed by atoms with van der Waals surface area (Å²) in [5.41, 5.74) is 14.5. The van der Waals surface area contributed by atoms with E-state index in [2.05, 4.69) is 184 Å². The molecule has 258 valence electrons. The summed E-state index contributed by atoms with van der Waals surface area (Å²) in [7, 11) is 0. The van der Waals surface area contributed by atoms with E-state index in [-0.39, 0.29) is 0 Å². The summed E-state index contributed by atoms with van der Waals surface area (Å²) < 4.78 is 10.7. The minimum absolute atomic E-state index is 0.756. The summed E-state index contributed by atoms with van der Waals surface area (Å²) in [6.45, 7) is 2.93. The van der Waals surface area contributed by atoms with Crippen molar-refractivity contribution < 1.29 is 0 Å². The number of rotatable bonds is 10. The molecule has 0 radical (unpaired) electrons. The number of nitrogens with zero attached hydrogens (tertiary/aromatic N) is 6. The summed E-state index contributed by atoms with van der Waals surface area (Å²) in [6.07, 6.45) is 0.936. The van der Waals surface area contributed by atoms with E-state index in [0.29, 0.717) is 0 Å². The number of para-hydroxylation sites is 4. The van der Waals surface area contributed by atoms with Gasteiger partial charge in [0.15, 0.2) is 0 Å². The van der Waals surface area contributed by atoms with E-state index in [0.717, 1.165) is 104 Å². The molecule has 7 aromatic carbocycles. The quantitative estimate of drug-likeness (QED) is 0.113. The summed E-state index contributed by atoms with van der Waals surface area (Å²) in [4.78, 5) is 4.55. The molecule has 1 N–H and O–H groups in total. The van der Waals surface area contributed by atoms with Gasteiger partial charge in [-0.1, -0.05) is 115 Å². The average Bonchev–Trinajstić information content (AvgIpc) is 3.88. The van der Waals surface area contributed by atoms with E-state index in [9.17, 15) is 0 Å². The van der Waals surface area contributed by atoms with Crippen LogP contribution in [0.5, 0.6) is 0 Å². The molecular weight excluding hydrogens is 671 g/mol.